The van der Waals surface area contributed by atoms with Crippen molar-refractivity contribution in [3.8, 4) is 22.8 Å². The summed E-state index contributed by atoms with van der Waals surface area (Å²) in [6.07, 6.45) is 1.58. The van der Waals surface area contributed by atoms with Gasteiger partial charge in [0.25, 0.3) is 5.91 Å². The molecule has 5 aromatic rings. The Hall–Kier alpha value is -4.11. The van der Waals surface area contributed by atoms with Crippen molar-refractivity contribution in [3.05, 3.63) is 124 Å². The Morgan fingerprint density at radius 1 is 0.900 bits per heavy atom. The number of carbonyl (C=O) groups is 1. The van der Waals surface area contributed by atoms with Crippen LogP contribution in [0.4, 0.5) is 0 Å². The van der Waals surface area contributed by atoms with Crippen LogP contribution in [0.15, 0.2) is 113 Å². The van der Waals surface area contributed by atoms with Crippen LogP contribution in [-0.4, -0.2) is 32.6 Å². The topological polar surface area (TPSA) is 81.4 Å². The van der Waals surface area contributed by atoms with Gasteiger partial charge in [-0.25, -0.2) is 5.43 Å². The quantitative estimate of drug-likeness (QED) is 0.107. The van der Waals surface area contributed by atoms with Crippen molar-refractivity contribution >= 4 is 47.1 Å². The van der Waals surface area contributed by atoms with Gasteiger partial charge in [-0.1, -0.05) is 77.4 Å². The third-order valence-electron chi connectivity index (χ3n) is 5.66. The molecule has 10 heteroatoms. The van der Waals surface area contributed by atoms with Crippen LogP contribution in [0, 0.1) is 0 Å². The molecule has 0 bridgehead atoms. The predicted octanol–water partition coefficient (Wildman–Crippen LogP) is 7.06. The summed E-state index contributed by atoms with van der Waals surface area (Å²) in [5, 5.41) is 14.6. The van der Waals surface area contributed by atoms with E-state index in [2.05, 4.69) is 20.7 Å². The van der Waals surface area contributed by atoms with E-state index in [1.54, 1.807) is 30.5 Å². The van der Waals surface area contributed by atoms with Gasteiger partial charge in [-0.2, -0.15) is 5.10 Å². The smallest absolute Gasteiger partial charge is 0.250 e. The van der Waals surface area contributed by atoms with Crippen molar-refractivity contribution in [1.29, 1.82) is 0 Å². The van der Waals surface area contributed by atoms with Crippen LogP contribution in [0.1, 0.15) is 11.1 Å². The Balaban J connectivity index is 1.22. The number of nitrogens with one attached hydrogen (secondary N) is 1. The molecule has 0 aliphatic heterocycles. The molecule has 7 nitrogen and oxygen atoms in total. The van der Waals surface area contributed by atoms with Gasteiger partial charge < -0.3 is 4.74 Å². The minimum atomic E-state index is -0.281. The first-order valence-electron chi connectivity index (χ1n) is 12.2. The van der Waals surface area contributed by atoms with E-state index in [4.69, 9.17) is 27.9 Å². The lowest BCUT2D eigenvalue weighted by atomic mass is 10.2. The second-order valence-electron chi connectivity index (χ2n) is 8.55. The molecule has 0 radical (unpaired) electrons. The molecule has 40 heavy (non-hydrogen) atoms. The molecule has 200 valence electrons. The zero-order valence-electron chi connectivity index (χ0n) is 21.1. The van der Waals surface area contributed by atoms with Gasteiger partial charge in [-0.15, -0.1) is 10.2 Å². The Bertz CT molecular complexity index is 1610. The first-order valence-corrected chi connectivity index (χ1v) is 14.0. The number of rotatable bonds is 10. The molecule has 0 spiro atoms. The minimum absolute atomic E-state index is 0.0872. The number of halogens is 2. The summed E-state index contributed by atoms with van der Waals surface area (Å²) in [6, 6.07) is 32.1. The number of carbonyl (C=O) groups excluding carboxylic acids is 1. The average molecular weight is 589 g/mol. The summed E-state index contributed by atoms with van der Waals surface area (Å²) in [7, 11) is 0. The molecule has 0 atom stereocenters. The Labute approximate surface area is 245 Å². The summed E-state index contributed by atoms with van der Waals surface area (Å²) in [4.78, 5) is 12.6. The number of benzene rings is 4. The summed E-state index contributed by atoms with van der Waals surface area (Å²) < 4.78 is 7.74. The fraction of sp³-hybridized carbons (Fsp3) is 0.0667. The lowest BCUT2D eigenvalue weighted by Crippen LogP contribution is -2.20. The van der Waals surface area contributed by atoms with Crippen LogP contribution in [0.25, 0.3) is 17.1 Å². The SMILES string of the molecule is O=C(CSc1nnc(-c2ccc(Cl)cc2)n1-c1ccc(Cl)cc1)N/N=C\c1cccc(OCc2ccccc2)c1. The summed E-state index contributed by atoms with van der Waals surface area (Å²) in [5.74, 6) is 1.14. The van der Waals surface area contributed by atoms with E-state index in [1.807, 2.05) is 83.4 Å². The molecule has 0 aliphatic carbocycles. The largest absolute Gasteiger partial charge is 0.489 e. The zero-order chi connectivity index (χ0) is 27.7. The standard InChI is InChI=1S/C30H23Cl2N5O2S/c31-24-11-9-23(10-12-24)29-35-36-30(37(29)26-15-13-25(32)14-16-26)40-20-28(38)34-33-18-22-7-4-8-27(17-22)39-19-21-5-2-1-3-6-21/h1-18H,19-20H2,(H,34,38)/b33-18-. The maximum Gasteiger partial charge on any atom is 0.250 e. The first-order chi connectivity index (χ1) is 19.5. The van der Waals surface area contributed by atoms with E-state index in [1.165, 1.54) is 11.8 Å². The molecule has 0 fully saturated rings. The maximum absolute atomic E-state index is 12.6. The molecule has 0 unspecified atom stereocenters. The summed E-state index contributed by atoms with van der Waals surface area (Å²) in [6.45, 7) is 0.468. The Morgan fingerprint density at radius 3 is 2.38 bits per heavy atom. The lowest BCUT2D eigenvalue weighted by Gasteiger charge is -2.10. The third-order valence-corrected chi connectivity index (χ3v) is 7.10. The maximum atomic E-state index is 12.6. The van der Waals surface area contributed by atoms with Crippen molar-refractivity contribution < 1.29 is 9.53 Å². The van der Waals surface area contributed by atoms with Crippen molar-refractivity contribution in [2.75, 3.05) is 5.75 Å². The van der Waals surface area contributed by atoms with Gasteiger partial charge in [0.15, 0.2) is 11.0 Å². The number of hydrogen-bond donors (Lipinski definition) is 1. The van der Waals surface area contributed by atoms with Gasteiger partial charge in [0.2, 0.25) is 0 Å². The first kappa shape index (κ1) is 27.5. The Morgan fingerprint density at radius 2 is 1.62 bits per heavy atom. The fourth-order valence-corrected chi connectivity index (χ4v) is 4.74. The molecule has 1 aromatic heterocycles. The molecular formula is C30H23Cl2N5O2S. The molecule has 0 aliphatic rings. The van der Waals surface area contributed by atoms with Gasteiger partial charge >= 0.3 is 0 Å². The number of nitrogens with zero attached hydrogens (tertiary/aromatic N) is 4. The van der Waals surface area contributed by atoms with Crippen LogP contribution in [0.5, 0.6) is 5.75 Å². The van der Waals surface area contributed by atoms with E-state index in [9.17, 15) is 4.79 Å². The highest BCUT2D eigenvalue weighted by Crippen LogP contribution is 2.29. The highest BCUT2D eigenvalue weighted by Gasteiger charge is 2.17. The number of thioether (sulfide) groups is 1. The van der Waals surface area contributed by atoms with Crippen LogP contribution in [0.2, 0.25) is 10.0 Å². The van der Waals surface area contributed by atoms with Crippen molar-refractivity contribution in [2.24, 2.45) is 5.10 Å². The number of hydrazone groups is 1. The van der Waals surface area contributed by atoms with Gasteiger partial charge in [-0.3, -0.25) is 9.36 Å². The number of aromatic nitrogens is 3. The highest BCUT2D eigenvalue weighted by atomic mass is 35.5. The van der Waals surface area contributed by atoms with Crippen molar-refractivity contribution in [3.63, 3.8) is 0 Å². The van der Waals surface area contributed by atoms with Crippen molar-refractivity contribution in [1.82, 2.24) is 20.2 Å². The Kier molecular flexibility index (Phi) is 9.13. The van der Waals surface area contributed by atoms with Crippen molar-refractivity contribution in [2.45, 2.75) is 11.8 Å². The molecule has 1 amide bonds. The van der Waals surface area contributed by atoms with Gasteiger partial charge in [0.05, 0.1) is 12.0 Å². The van der Waals surface area contributed by atoms with Crippen LogP contribution in [0.3, 0.4) is 0 Å². The molecule has 5 rings (SSSR count). The normalized spacial score (nSPS) is 11.1. The van der Waals surface area contributed by atoms with E-state index in [0.717, 1.165) is 22.4 Å². The lowest BCUT2D eigenvalue weighted by molar-refractivity contribution is -0.118. The predicted molar refractivity (Wildman–Crippen MR) is 160 cm³/mol. The zero-order valence-corrected chi connectivity index (χ0v) is 23.4. The van der Waals surface area contributed by atoms with Crippen LogP contribution < -0.4 is 10.2 Å². The molecule has 0 saturated heterocycles. The fourth-order valence-electron chi connectivity index (χ4n) is 3.74. The van der Waals surface area contributed by atoms with Gasteiger partial charge in [0, 0.05) is 21.3 Å². The van der Waals surface area contributed by atoms with Gasteiger partial charge in [0.1, 0.15) is 12.4 Å². The molecule has 1 heterocycles. The van der Waals surface area contributed by atoms with E-state index in [-0.39, 0.29) is 11.7 Å². The van der Waals surface area contributed by atoms with E-state index >= 15 is 0 Å². The highest BCUT2D eigenvalue weighted by molar-refractivity contribution is 7.99. The second-order valence-corrected chi connectivity index (χ2v) is 10.4. The summed E-state index contributed by atoms with van der Waals surface area (Å²) in [5.41, 5.74) is 6.10. The van der Waals surface area contributed by atoms with E-state index < -0.39 is 0 Å². The monoisotopic (exact) mass is 587 g/mol. The molecule has 0 saturated carbocycles. The summed E-state index contributed by atoms with van der Waals surface area (Å²) >= 11 is 13.4. The number of hydrogen-bond acceptors (Lipinski definition) is 6. The molecular weight excluding hydrogens is 565 g/mol. The van der Waals surface area contributed by atoms with Crippen LogP contribution in [-0.2, 0) is 11.4 Å². The molecule has 4 aromatic carbocycles. The average Bonchev–Trinajstić information content (AvgIpc) is 3.40. The van der Waals surface area contributed by atoms with E-state index in [0.29, 0.717) is 33.4 Å². The van der Waals surface area contributed by atoms with Gasteiger partial charge in [-0.05, 0) is 71.8 Å². The minimum Gasteiger partial charge on any atom is -0.489 e. The number of amides is 1. The third kappa shape index (κ3) is 7.30. The number of ether oxygens (including phenoxy) is 1. The van der Waals surface area contributed by atoms with Crippen LogP contribution >= 0.6 is 35.0 Å². The molecule has 1 N–H and O–H groups in total. The second kappa shape index (κ2) is 13.3.